The van der Waals surface area contributed by atoms with Crippen molar-refractivity contribution in [1.29, 1.82) is 0 Å². The molecule has 0 fully saturated rings. The molecule has 1 aromatic carbocycles. The van der Waals surface area contributed by atoms with Gasteiger partial charge in [-0.05, 0) is 31.0 Å². The Hall–Kier alpha value is -1.26. The number of carbonyl (C=O) groups is 1. The zero-order valence-electron chi connectivity index (χ0n) is 11.4. The van der Waals surface area contributed by atoms with Crippen molar-refractivity contribution in [3.05, 3.63) is 28.8 Å². The highest BCUT2D eigenvalue weighted by Gasteiger charge is 2.25. The van der Waals surface area contributed by atoms with Crippen LogP contribution in [0.4, 0.5) is 5.69 Å². The van der Waals surface area contributed by atoms with Crippen LogP contribution >= 0.6 is 11.6 Å². The van der Waals surface area contributed by atoms with E-state index < -0.39 is 0 Å². The summed E-state index contributed by atoms with van der Waals surface area (Å²) in [5.74, 6) is -0.207. The summed E-state index contributed by atoms with van der Waals surface area (Å²) >= 11 is 5.88. The van der Waals surface area contributed by atoms with Gasteiger partial charge in [0.25, 0.3) is 5.91 Å². The molecule has 0 saturated heterocycles. The standard InChI is InChI=1S/C14H21ClN2O2/c1-3-14(4-2,9-18)8-17-13(19)10-5-6-12(16)11(15)7-10/h5-7,18H,3-4,8-9,16H2,1-2H3,(H,17,19). The van der Waals surface area contributed by atoms with Crippen molar-refractivity contribution in [3.8, 4) is 0 Å². The lowest BCUT2D eigenvalue weighted by Crippen LogP contribution is -2.39. The maximum Gasteiger partial charge on any atom is 0.251 e. The molecule has 5 heteroatoms. The molecule has 4 nitrogen and oxygen atoms in total. The fourth-order valence-electron chi connectivity index (χ4n) is 1.82. The normalized spacial score (nSPS) is 11.4. The van der Waals surface area contributed by atoms with Gasteiger partial charge in [-0.1, -0.05) is 25.4 Å². The van der Waals surface area contributed by atoms with Crippen molar-refractivity contribution in [1.82, 2.24) is 5.32 Å². The van der Waals surface area contributed by atoms with E-state index in [2.05, 4.69) is 5.32 Å². The van der Waals surface area contributed by atoms with Gasteiger partial charge in [0, 0.05) is 17.5 Å². The molecule has 19 heavy (non-hydrogen) atoms. The van der Waals surface area contributed by atoms with E-state index in [1.165, 1.54) is 0 Å². The molecule has 0 aliphatic carbocycles. The molecule has 0 aliphatic rings. The average molecular weight is 285 g/mol. The highest BCUT2D eigenvalue weighted by atomic mass is 35.5. The highest BCUT2D eigenvalue weighted by Crippen LogP contribution is 2.25. The van der Waals surface area contributed by atoms with Gasteiger partial charge < -0.3 is 16.2 Å². The quantitative estimate of drug-likeness (QED) is 0.702. The Balaban J connectivity index is 2.72. The Morgan fingerprint density at radius 2 is 2.05 bits per heavy atom. The van der Waals surface area contributed by atoms with Gasteiger partial charge in [0.15, 0.2) is 0 Å². The lowest BCUT2D eigenvalue weighted by Gasteiger charge is -2.29. The molecule has 0 heterocycles. The van der Waals surface area contributed by atoms with E-state index in [4.69, 9.17) is 17.3 Å². The molecule has 0 spiro atoms. The Kier molecular flexibility index (Phi) is 5.63. The molecule has 0 aromatic heterocycles. The Bertz CT molecular complexity index is 437. The van der Waals surface area contributed by atoms with Crippen molar-refractivity contribution in [2.45, 2.75) is 26.7 Å². The summed E-state index contributed by atoms with van der Waals surface area (Å²) < 4.78 is 0. The van der Waals surface area contributed by atoms with E-state index in [0.717, 1.165) is 12.8 Å². The summed E-state index contributed by atoms with van der Waals surface area (Å²) in [6.45, 7) is 4.51. The van der Waals surface area contributed by atoms with Crippen LogP contribution in [-0.4, -0.2) is 24.2 Å². The van der Waals surface area contributed by atoms with Gasteiger partial charge >= 0.3 is 0 Å². The van der Waals surface area contributed by atoms with Crippen LogP contribution in [0.5, 0.6) is 0 Å². The van der Waals surface area contributed by atoms with Crippen molar-refractivity contribution in [2.75, 3.05) is 18.9 Å². The van der Waals surface area contributed by atoms with Gasteiger partial charge in [-0.15, -0.1) is 0 Å². The third-order valence-corrected chi connectivity index (χ3v) is 4.05. The van der Waals surface area contributed by atoms with Crippen LogP contribution in [0.3, 0.4) is 0 Å². The second-order valence-corrected chi connectivity index (χ2v) is 5.19. The Morgan fingerprint density at radius 3 is 2.53 bits per heavy atom. The third-order valence-electron chi connectivity index (χ3n) is 3.72. The molecule has 0 saturated carbocycles. The van der Waals surface area contributed by atoms with Crippen molar-refractivity contribution < 1.29 is 9.90 Å². The van der Waals surface area contributed by atoms with Crippen molar-refractivity contribution in [2.24, 2.45) is 5.41 Å². The molecular weight excluding hydrogens is 264 g/mol. The third kappa shape index (κ3) is 3.85. The molecule has 4 N–H and O–H groups in total. The number of nitrogen functional groups attached to an aromatic ring is 1. The summed E-state index contributed by atoms with van der Waals surface area (Å²) in [5.41, 5.74) is 6.26. The van der Waals surface area contributed by atoms with Gasteiger partial charge in [-0.25, -0.2) is 0 Å². The lowest BCUT2D eigenvalue weighted by molar-refractivity contribution is 0.0851. The molecule has 0 radical (unpaired) electrons. The average Bonchev–Trinajstić information content (AvgIpc) is 2.43. The maximum absolute atomic E-state index is 12.0. The topological polar surface area (TPSA) is 75.3 Å². The van der Waals surface area contributed by atoms with Crippen LogP contribution in [0, 0.1) is 5.41 Å². The van der Waals surface area contributed by atoms with Crippen molar-refractivity contribution >= 4 is 23.2 Å². The van der Waals surface area contributed by atoms with Crippen molar-refractivity contribution in [3.63, 3.8) is 0 Å². The SMILES string of the molecule is CCC(CC)(CO)CNC(=O)c1ccc(N)c(Cl)c1. The first-order valence-electron chi connectivity index (χ1n) is 6.42. The van der Waals surface area contributed by atoms with Gasteiger partial charge in [0.05, 0.1) is 17.3 Å². The Labute approximate surface area is 118 Å². The van der Waals surface area contributed by atoms with E-state index >= 15 is 0 Å². The van der Waals surface area contributed by atoms with Crippen LogP contribution in [-0.2, 0) is 0 Å². The number of aliphatic hydroxyl groups excluding tert-OH is 1. The predicted molar refractivity (Wildman–Crippen MR) is 78.3 cm³/mol. The fraction of sp³-hybridized carbons (Fsp3) is 0.500. The molecule has 106 valence electrons. The molecule has 1 amide bonds. The number of halogens is 1. The fourth-order valence-corrected chi connectivity index (χ4v) is 2.00. The smallest absolute Gasteiger partial charge is 0.251 e. The molecule has 0 unspecified atom stereocenters. The van der Waals surface area contributed by atoms with Crippen LogP contribution in [0.15, 0.2) is 18.2 Å². The van der Waals surface area contributed by atoms with Crippen LogP contribution in [0.1, 0.15) is 37.0 Å². The van der Waals surface area contributed by atoms with Crippen LogP contribution < -0.4 is 11.1 Å². The minimum absolute atomic E-state index is 0.0583. The first-order valence-corrected chi connectivity index (χ1v) is 6.80. The summed E-state index contributed by atoms with van der Waals surface area (Å²) in [4.78, 5) is 12.0. The number of hydrogen-bond acceptors (Lipinski definition) is 3. The van der Waals surface area contributed by atoms with E-state index in [1.807, 2.05) is 13.8 Å². The number of amides is 1. The number of carbonyl (C=O) groups excluding carboxylic acids is 1. The van der Waals surface area contributed by atoms with Gasteiger partial charge in [0.1, 0.15) is 0 Å². The number of nitrogens with one attached hydrogen (secondary N) is 1. The number of anilines is 1. The number of rotatable bonds is 6. The molecule has 0 atom stereocenters. The Morgan fingerprint density at radius 1 is 1.42 bits per heavy atom. The van der Waals surface area contributed by atoms with E-state index in [9.17, 15) is 9.90 Å². The minimum Gasteiger partial charge on any atom is -0.398 e. The van der Waals surface area contributed by atoms with Gasteiger partial charge in [0.2, 0.25) is 0 Å². The van der Waals surface area contributed by atoms with E-state index in [-0.39, 0.29) is 17.9 Å². The molecular formula is C14H21ClN2O2. The zero-order valence-corrected chi connectivity index (χ0v) is 12.1. The summed E-state index contributed by atoms with van der Waals surface area (Å²) in [5, 5.41) is 12.7. The largest absolute Gasteiger partial charge is 0.398 e. The molecule has 0 bridgehead atoms. The number of benzene rings is 1. The summed E-state index contributed by atoms with van der Waals surface area (Å²) in [6.07, 6.45) is 1.62. The summed E-state index contributed by atoms with van der Waals surface area (Å²) in [7, 11) is 0. The van der Waals surface area contributed by atoms with Gasteiger partial charge in [-0.3, -0.25) is 4.79 Å². The first kappa shape index (κ1) is 15.8. The second kappa shape index (κ2) is 6.78. The zero-order chi connectivity index (χ0) is 14.5. The monoisotopic (exact) mass is 284 g/mol. The first-order chi connectivity index (χ1) is 8.98. The molecule has 0 aliphatic heterocycles. The summed E-state index contributed by atoms with van der Waals surface area (Å²) in [6, 6.07) is 4.79. The highest BCUT2D eigenvalue weighted by molar-refractivity contribution is 6.33. The lowest BCUT2D eigenvalue weighted by atomic mass is 9.83. The predicted octanol–water partition coefficient (Wildman–Crippen LogP) is 2.45. The van der Waals surface area contributed by atoms with Crippen LogP contribution in [0.25, 0.3) is 0 Å². The van der Waals surface area contributed by atoms with Gasteiger partial charge in [-0.2, -0.15) is 0 Å². The molecule has 1 rings (SSSR count). The molecule has 1 aromatic rings. The number of hydrogen-bond donors (Lipinski definition) is 3. The minimum atomic E-state index is -0.257. The van der Waals surface area contributed by atoms with E-state index in [1.54, 1.807) is 18.2 Å². The van der Waals surface area contributed by atoms with E-state index in [0.29, 0.717) is 22.8 Å². The second-order valence-electron chi connectivity index (χ2n) is 4.78. The number of nitrogens with two attached hydrogens (primary N) is 1. The van der Waals surface area contributed by atoms with Crippen LogP contribution in [0.2, 0.25) is 5.02 Å². The maximum atomic E-state index is 12.0. The number of aliphatic hydroxyl groups is 1.